The second-order valence-electron chi connectivity index (χ2n) is 5.79. The molecule has 1 aliphatic heterocycles. The average molecular weight is 349 g/mol. The lowest BCUT2D eigenvalue weighted by Gasteiger charge is -2.18. The summed E-state index contributed by atoms with van der Waals surface area (Å²) in [5, 5.41) is 9.78. The van der Waals surface area contributed by atoms with Gasteiger partial charge < -0.3 is 10.2 Å². The Bertz CT molecular complexity index is 824. The Morgan fingerprint density at radius 3 is 2.83 bits per heavy atom. The molecule has 0 saturated carbocycles. The molecule has 5 nitrogen and oxygen atoms in total. The summed E-state index contributed by atoms with van der Waals surface area (Å²) in [7, 11) is 0. The van der Waals surface area contributed by atoms with Crippen LogP contribution in [0.2, 0.25) is 0 Å². The van der Waals surface area contributed by atoms with Crippen LogP contribution < -0.4 is 10.2 Å². The van der Waals surface area contributed by atoms with Crippen molar-refractivity contribution in [1.29, 1.82) is 0 Å². The number of halogens is 2. The second-order valence-corrected chi connectivity index (χ2v) is 6.84. The average Bonchev–Trinajstić information content (AvgIpc) is 3.32. The molecular formula is C16H17F2N5S. The Balaban J connectivity index is 1.78. The molecule has 3 aromatic heterocycles. The first kappa shape index (κ1) is 15.3. The topological polar surface area (TPSA) is 56.8 Å². The van der Waals surface area contributed by atoms with E-state index in [1.54, 1.807) is 6.20 Å². The van der Waals surface area contributed by atoms with E-state index in [4.69, 9.17) is 4.98 Å². The maximum atomic E-state index is 12.7. The van der Waals surface area contributed by atoms with Crippen molar-refractivity contribution < 1.29 is 8.78 Å². The number of thiophene rings is 1. The van der Waals surface area contributed by atoms with E-state index in [-0.39, 0.29) is 6.54 Å². The van der Waals surface area contributed by atoms with E-state index in [1.807, 2.05) is 18.2 Å². The summed E-state index contributed by atoms with van der Waals surface area (Å²) in [5.74, 6) is 0.853. The van der Waals surface area contributed by atoms with Crippen molar-refractivity contribution in [2.45, 2.75) is 19.3 Å². The van der Waals surface area contributed by atoms with Crippen LogP contribution in [0.1, 0.15) is 12.8 Å². The Morgan fingerprint density at radius 2 is 2.12 bits per heavy atom. The van der Waals surface area contributed by atoms with Gasteiger partial charge in [0.15, 0.2) is 0 Å². The molecular weight excluding hydrogens is 332 g/mol. The molecule has 1 saturated heterocycles. The van der Waals surface area contributed by atoms with Crippen LogP contribution in [0.5, 0.6) is 0 Å². The van der Waals surface area contributed by atoms with Gasteiger partial charge in [-0.05, 0) is 25.0 Å². The normalized spacial score (nSPS) is 14.9. The summed E-state index contributed by atoms with van der Waals surface area (Å²) in [6.45, 7) is 1.56. The summed E-state index contributed by atoms with van der Waals surface area (Å²) in [5.41, 5.74) is 2.45. The van der Waals surface area contributed by atoms with E-state index in [9.17, 15) is 8.78 Å². The number of rotatable bonds is 5. The van der Waals surface area contributed by atoms with Crippen molar-refractivity contribution >= 4 is 33.1 Å². The Labute approximate surface area is 141 Å². The van der Waals surface area contributed by atoms with Crippen LogP contribution in [-0.4, -0.2) is 41.2 Å². The third-order valence-electron chi connectivity index (χ3n) is 4.11. The number of pyridine rings is 1. The van der Waals surface area contributed by atoms with Crippen molar-refractivity contribution in [3.05, 3.63) is 24.4 Å². The van der Waals surface area contributed by atoms with Crippen molar-refractivity contribution in [2.75, 3.05) is 29.9 Å². The summed E-state index contributed by atoms with van der Waals surface area (Å²) in [6, 6.07) is 5.77. The molecule has 4 heterocycles. The standard InChI is InChI=1S/C16H17F2N5S/c17-14(18)9-19-11-8-15(23-5-1-2-6-23)21-12-7-13(24-16(11)12)10-3-4-20-22-10/h3-4,7-8,14H,1-2,5-6,9H2,(H,19,21)(H,20,22). The van der Waals surface area contributed by atoms with Crippen molar-refractivity contribution in [2.24, 2.45) is 0 Å². The number of aromatic amines is 1. The minimum Gasteiger partial charge on any atom is -0.378 e. The summed E-state index contributed by atoms with van der Waals surface area (Å²) in [6.07, 6.45) is 1.58. The van der Waals surface area contributed by atoms with E-state index in [2.05, 4.69) is 20.4 Å². The lowest BCUT2D eigenvalue weighted by molar-refractivity contribution is 0.163. The molecule has 0 amide bonds. The molecule has 0 spiro atoms. The van der Waals surface area contributed by atoms with Gasteiger partial charge in [0.05, 0.1) is 33.0 Å². The first-order valence-corrected chi connectivity index (χ1v) is 8.73. The fraction of sp³-hybridized carbons (Fsp3) is 0.375. The number of aromatic nitrogens is 3. The van der Waals surface area contributed by atoms with Gasteiger partial charge in [-0.15, -0.1) is 11.3 Å². The van der Waals surface area contributed by atoms with E-state index < -0.39 is 6.43 Å². The number of alkyl halides is 2. The Hall–Kier alpha value is -2.22. The monoisotopic (exact) mass is 349 g/mol. The van der Waals surface area contributed by atoms with Gasteiger partial charge in [0.1, 0.15) is 5.82 Å². The van der Waals surface area contributed by atoms with Gasteiger partial charge in [-0.25, -0.2) is 13.8 Å². The molecule has 0 atom stereocenters. The highest BCUT2D eigenvalue weighted by Crippen LogP contribution is 2.38. The van der Waals surface area contributed by atoms with Gasteiger partial charge in [0.2, 0.25) is 0 Å². The lowest BCUT2D eigenvalue weighted by atomic mass is 10.3. The molecule has 0 bridgehead atoms. The van der Waals surface area contributed by atoms with Gasteiger partial charge >= 0.3 is 0 Å². The highest BCUT2D eigenvalue weighted by atomic mass is 32.1. The first-order chi connectivity index (χ1) is 11.7. The Kier molecular flexibility index (Phi) is 4.05. The summed E-state index contributed by atoms with van der Waals surface area (Å²) >= 11 is 1.52. The van der Waals surface area contributed by atoms with E-state index in [1.165, 1.54) is 11.3 Å². The molecule has 0 aromatic carbocycles. The third-order valence-corrected chi connectivity index (χ3v) is 5.30. The van der Waals surface area contributed by atoms with E-state index in [0.717, 1.165) is 58.2 Å². The number of hydrogen-bond donors (Lipinski definition) is 2. The summed E-state index contributed by atoms with van der Waals surface area (Å²) < 4.78 is 26.2. The summed E-state index contributed by atoms with van der Waals surface area (Å²) in [4.78, 5) is 7.95. The molecule has 8 heteroatoms. The van der Waals surface area contributed by atoms with Gasteiger partial charge in [0, 0.05) is 25.4 Å². The van der Waals surface area contributed by atoms with Gasteiger partial charge in [-0.1, -0.05) is 0 Å². The predicted octanol–water partition coefficient (Wildman–Crippen LogP) is 3.96. The SMILES string of the molecule is FC(F)CNc1cc(N2CCCC2)nc2cc(-c3ccn[nH]3)sc12. The maximum absolute atomic E-state index is 12.7. The third kappa shape index (κ3) is 2.93. The van der Waals surface area contributed by atoms with Crippen LogP contribution in [-0.2, 0) is 0 Å². The van der Waals surface area contributed by atoms with E-state index in [0.29, 0.717) is 0 Å². The molecule has 3 aromatic rings. The molecule has 4 rings (SSSR count). The van der Waals surface area contributed by atoms with Gasteiger partial charge in [0.25, 0.3) is 6.43 Å². The van der Waals surface area contributed by atoms with Crippen LogP contribution in [0.25, 0.3) is 20.8 Å². The predicted molar refractivity (Wildman–Crippen MR) is 93.1 cm³/mol. The molecule has 1 aliphatic rings. The largest absolute Gasteiger partial charge is 0.378 e. The minimum atomic E-state index is -2.39. The van der Waals surface area contributed by atoms with Gasteiger partial charge in [-0.3, -0.25) is 5.10 Å². The van der Waals surface area contributed by atoms with Crippen molar-refractivity contribution in [3.63, 3.8) is 0 Å². The molecule has 24 heavy (non-hydrogen) atoms. The quantitative estimate of drug-likeness (QED) is 0.732. The molecule has 0 radical (unpaired) electrons. The zero-order chi connectivity index (χ0) is 16.5. The molecule has 0 unspecified atom stereocenters. The molecule has 1 fully saturated rings. The zero-order valence-electron chi connectivity index (χ0n) is 12.9. The number of fused-ring (bicyclic) bond motifs is 1. The van der Waals surface area contributed by atoms with Crippen LogP contribution >= 0.6 is 11.3 Å². The number of anilines is 2. The van der Waals surface area contributed by atoms with Gasteiger partial charge in [-0.2, -0.15) is 5.10 Å². The second kappa shape index (κ2) is 6.35. The highest BCUT2D eigenvalue weighted by Gasteiger charge is 2.18. The van der Waals surface area contributed by atoms with E-state index >= 15 is 0 Å². The van der Waals surface area contributed by atoms with Crippen LogP contribution in [0.15, 0.2) is 24.4 Å². The number of nitrogens with one attached hydrogen (secondary N) is 2. The van der Waals surface area contributed by atoms with Crippen LogP contribution in [0.3, 0.4) is 0 Å². The van der Waals surface area contributed by atoms with Crippen LogP contribution in [0.4, 0.5) is 20.3 Å². The molecule has 126 valence electrons. The number of H-pyrrole nitrogens is 1. The number of hydrogen-bond acceptors (Lipinski definition) is 5. The highest BCUT2D eigenvalue weighted by molar-refractivity contribution is 7.22. The molecule has 0 aliphatic carbocycles. The maximum Gasteiger partial charge on any atom is 0.255 e. The Morgan fingerprint density at radius 1 is 1.29 bits per heavy atom. The van der Waals surface area contributed by atoms with Crippen molar-refractivity contribution in [3.8, 4) is 10.6 Å². The first-order valence-electron chi connectivity index (χ1n) is 7.92. The smallest absolute Gasteiger partial charge is 0.255 e. The lowest BCUT2D eigenvalue weighted by Crippen LogP contribution is -2.19. The zero-order valence-corrected chi connectivity index (χ0v) is 13.7. The minimum absolute atomic E-state index is 0.365. The fourth-order valence-corrected chi connectivity index (χ4v) is 4.02. The van der Waals surface area contributed by atoms with Crippen LogP contribution in [0, 0.1) is 0 Å². The fourth-order valence-electron chi connectivity index (χ4n) is 2.96. The molecule has 2 N–H and O–H groups in total. The van der Waals surface area contributed by atoms with Crippen molar-refractivity contribution in [1.82, 2.24) is 15.2 Å². The number of nitrogens with zero attached hydrogens (tertiary/aromatic N) is 3.